The fraction of sp³-hybridized carbons (Fsp3) is 0.111. The van der Waals surface area contributed by atoms with E-state index in [-0.39, 0.29) is 5.91 Å². The van der Waals surface area contributed by atoms with E-state index in [0.29, 0.717) is 23.0 Å². The minimum absolute atomic E-state index is 0.235. The van der Waals surface area contributed by atoms with Gasteiger partial charge in [0.2, 0.25) is 0 Å². The van der Waals surface area contributed by atoms with E-state index in [0.717, 1.165) is 11.1 Å². The van der Waals surface area contributed by atoms with Gasteiger partial charge in [-0.05, 0) is 18.2 Å². The number of hydrogen-bond acceptors (Lipinski definition) is 4. The molecule has 0 bridgehead atoms. The molecule has 3 rings (SSSR count). The van der Waals surface area contributed by atoms with Crippen molar-refractivity contribution >= 4 is 17.8 Å². The molecule has 5 nitrogen and oxygen atoms in total. The summed E-state index contributed by atoms with van der Waals surface area (Å²) in [5.74, 6) is 1.62. The number of amidine groups is 1. The molecule has 23 heavy (non-hydrogen) atoms. The second-order valence-electron chi connectivity index (χ2n) is 4.92. The summed E-state index contributed by atoms with van der Waals surface area (Å²) < 4.78 is 10.5. The highest BCUT2D eigenvalue weighted by Crippen LogP contribution is 2.27. The van der Waals surface area contributed by atoms with Crippen molar-refractivity contribution < 1.29 is 14.3 Å². The van der Waals surface area contributed by atoms with E-state index in [1.54, 1.807) is 26.4 Å². The van der Waals surface area contributed by atoms with E-state index in [2.05, 4.69) is 10.3 Å². The van der Waals surface area contributed by atoms with Crippen LogP contribution in [-0.4, -0.2) is 26.0 Å². The Bertz CT molecular complexity index is 795. The maximum atomic E-state index is 12.1. The number of rotatable bonds is 4. The first-order valence-electron chi connectivity index (χ1n) is 7.10. The van der Waals surface area contributed by atoms with Crippen LogP contribution in [0, 0.1) is 0 Å². The quantitative estimate of drug-likeness (QED) is 0.883. The highest BCUT2D eigenvalue weighted by atomic mass is 16.5. The summed E-state index contributed by atoms with van der Waals surface area (Å²) in [7, 11) is 3.16. The topological polar surface area (TPSA) is 59.9 Å². The lowest BCUT2D eigenvalue weighted by Crippen LogP contribution is -2.24. The molecule has 0 saturated heterocycles. The molecule has 1 amide bonds. The van der Waals surface area contributed by atoms with Crippen molar-refractivity contribution in [2.75, 3.05) is 14.2 Å². The fourth-order valence-corrected chi connectivity index (χ4v) is 2.29. The van der Waals surface area contributed by atoms with Crippen molar-refractivity contribution in [2.45, 2.75) is 0 Å². The summed E-state index contributed by atoms with van der Waals surface area (Å²) in [4.78, 5) is 16.5. The van der Waals surface area contributed by atoms with Gasteiger partial charge in [0.25, 0.3) is 5.91 Å². The zero-order valence-electron chi connectivity index (χ0n) is 12.9. The Morgan fingerprint density at radius 1 is 1.04 bits per heavy atom. The van der Waals surface area contributed by atoms with Crippen LogP contribution in [0.1, 0.15) is 11.1 Å². The van der Waals surface area contributed by atoms with Crippen LogP contribution in [0.15, 0.2) is 59.2 Å². The first kappa shape index (κ1) is 14.8. The summed E-state index contributed by atoms with van der Waals surface area (Å²) >= 11 is 0. The predicted octanol–water partition coefficient (Wildman–Crippen LogP) is 2.62. The van der Waals surface area contributed by atoms with E-state index in [4.69, 9.17) is 9.47 Å². The Hall–Kier alpha value is -3.08. The van der Waals surface area contributed by atoms with Gasteiger partial charge in [-0.1, -0.05) is 30.3 Å². The number of amides is 1. The minimum atomic E-state index is -0.235. The molecule has 116 valence electrons. The van der Waals surface area contributed by atoms with E-state index in [9.17, 15) is 4.79 Å². The molecule has 1 heterocycles. The fourth-order valence-electron chi connectivity index (χ4n) is 2.29. The normalized spacial score (nSPS) is 15.3. The predicted molar refractivity (Wildman–Crippen MR) is 88.6 cm³/mol. The van der Waals surface area contributed by atoms with Crippen LogP contribution in [0.4, 0.5) is 0 Å². The van der Waals surface area contributed by atoms with Gasteiger partial charge in [0.15, 0.2) is 0 Å². The van der Waals surface area contributed by atoms with E-state index < -0.39 is 0 Å². The Kier molecular flexibility index (Phi) is 4.10. The number of carbonyl (C=O) groups excluding carboxylic acids is 1. The molecule has 0 radical (unpaired) electrons. The van der Waals surface area contributed by atoms with Crippen molar-refractivity contribution in [3.05, 3.63) is 65.4 Å². The minimum Gasteiger partial charge on any atom is -0.497 e. The lowest BCUT2D eigenvalue weighted by atomic mass is 10.1. The van der Waals surface area contributed by atoms with Gasteiger partial charge in [-0.25, -0.2) is 4.99 Å². The molecule has 0 atom stereocenters. The van der Waals surface area contributed by atoms with Crippen molar-refractivity contribution in [1.82, 2.24) is 5.32 Å². The van der Waals surface area contributed by atoms with Crippen LogP contribution in [-0.2, 0) is 4.79 Å². The first-order valence-corrected chi connectivity index (χ1v) is 7.10. The number of carbonyl (C=O) groups is 1. The number of aliphatic imine (C=N–C) groups is 1. The molecule has 5 heteroatoms. The van der Waals surface area contributed by atoms with Crippen LogP contribution in [0.5, 0.6) is 11.5 Å². The smallest absolute Gasteiger partial charge is 0.275 e. The first-order chi connectivity index (χ1) is 11.2. The number of hydrogen-bond donors (Lipinski definition) is 1. The van der Waals surface area contributed by atoms with Crippen LogP contribution >= 0.6 is 0 Å². The van der Waals surface area contributed by atoms with Gasteiger partial charge in [-0.2, -0.15) is 0 Å². The van der Waals surface area contributed by atoms with E-state index in [1.807, 2.05) is 42.5 Å². The monoisotopic (exact) mass is 308 g/mol. The molecule has 0 aliphatic carbocycles. The van der Waals surface area contributed by atoms with Crippen molar-refractivity contribution in [1.29, 1.82) is 0 Å². The molecule has 0 unspecified atom stereocenters. The largest absolute Gasteiger partial charge is 0.497 e. The number of nitrogens with zero attached hydrogens (tertiary/aromatic N) is 1. The zero-order valence-corrected chi connectivity index (χ0v) is 12.9. The highest BCUT2D eigenvalue weighted by Gasteiger charge is 2.21. The Labute approximate surface area is 134 Å². The third kappa shape index (κ3) is 3.08. The Balaban J connectivity index is 1.96. The maximum Gasteiger partial charge on any atom is 0.275 e. The summed E-state index contributed by atoms with van der Waals surface area (Å²) in [6, 6.07) is 14.9. The molecular weight excluding hydrogens is 292 g/mol. The van der Waals surface area contributed by atoms with Gasteiger partial charge in [-0.3, -0.25) is 4.79 Å². The molecule has 0 fully saturated rings. The molecule has 2 aromatic carbocycles. The molecule has 2 aromatic rings. The van der Waals surface area contributed by atoms with Crippen molar-refractivity contribution in [3.8, 4) is 11.5 Å². The summed E-state index contributed by atoms with van der Waals surface area (Å²) in [5.41, 5.74) is 1.97. The number of nitrogens with one attached hydrogen (secondary N) is 1. The van der Waals surface area contributed by atoms with Crippen molar-refractivity contribution in [2.24, 2.45) is 4.99 Å². The van der Waals surface area contributed by atoms with E-state index >= 15 is 0 Å². The molecule has 0 aromatic heterocycles. The second-order valence-corrected chi connectivity index (χ2v) is 4.92. The molecule has 0 saturated carbocycles. The molecule has 1 aliphatic rings. The zero-order chi connectivity index (χ0) is 16.2. The van der Waals surface area contributed by atoms with Gasteiger partial charge in [0.1, 0.15) is 23.0 Å². The molecule has 1 aliphatic heterocycles. The molecular formula is C18H16N2O3. The average Bonchev–Trinajstić information content (AvgIpc) is 2.97. The highest BCUT2D eigenvalue weighted by molar-refractivity contribution is 6.19. The molecule has 1 N–H and O–H groups in total. The Morgan fingerprint density at radius 3 is 2.52 bits per heavy atom. The van der Waals surface area contributed by atoms with Crippen LogP contribution in [0.3, 0.4) is 0 Å². The molecule has 0 spiro atoms. The van der Waals surface area contributed by atoms with Gasteiger partial charge in [0.05, 0.1) is 14.2 Å². The summed E-state index contributed by atoms with van der Waals surface area (Å²) in [6.45, 7) is 0. The third-order valence-electron chi connectivity index (χ3n) is 3.48. The van der Waals surface area contributed by atoms with Crippen LogP contribution < -0.4 is 14.8 Å². The Morgan fingerprint density at radius 2 is 1.83 bits per heavy atom. The van der Waals surface area contributed by atoms with Gasteiger partial charge >= 0.3 is 0 Å². The number of ether oxygens (including phenoxy) is 2. The van der Waals surface area contributed by atoms with Crippen LogP contribution in [0.25, 0.3) is 6.08 Å². The number of methoxy groups -OCH3 is 2. The van der Waals surface area contributed by atoms with E-state index in [1.165, 1.54) is 0 Å². The van der Waals surface area contributed by atoms with Gasteiger partial charge in [0, 0.05) is 17.2 Å². The maximum absolute atomic E-state index is 12.1. The summed E-state index contributed by atoms with van der Waals surface area (Å²) in [5, 5.41) is 2.78. The summed E-state index contributed by atoms with van der Waals surface area (Å²) in [6.07, 6.45) is 1.70. The van der Waals surface area contributed by atoms with Crippen LogP contribution in [0.2, 0.25) is 0 Å². The van der Waals surface area contributed by atoms with Crippen molar-refractivity contribution in [3.63, 3.8) is 0 Å². The SMILES string of the molecule is COc1ccc(/C=C2/N=C(c3ccccc3)NC2=O)c(OC)c1. The average molecular weight is 308 g/mol. The second kappa shape index (κ2) is 6.36. The number of benzene rings is 2. The van der Waals surface area contributed by atoms with Gasteiger partial charge < -0.3 is 14.8 Å². The van der Waals surface area contributed by atoms with Gasteiger partial charge in [-0.15, -0.1) is 0 Å². The lowest BCUT2D eigenvalue weighted by Gasteiger charge is -2.07. The lowest BCUT2D eigenvalue weighted by molar-refractivity contribution is -0.115. The standard InChI is InChI=1S/C18H16N2O3/c1-22-14-9-8-13(16(11-14)23-2)10-15-18(21)20-17(19-15)12-6-4-3-5-7-12/h3-11H,1-2H3,(H,19,20,21)/b15-10+. The third-order valence-corrected chi connectivity index (χ3v) is 3.48.